The maximum absolute atomic E-state index is 4.02. The predicted octanol–water partition coefficient (Wildman–Crippen LogP) is 1.50. The minimum atomic E-state index is 0.928. The highest BCUT2D eigenvalue weighted by molar-refractivity contribution is 8.68. The molecule has 1 rings (SSSR count). The molecule has 0 aromatic carbocycles. The SMILES string of the molecule is Cn1cc(CSS)cn1. The van der Waals surface area contributed by atoms with Crippen molar-refractivity contribution < 1.29 is 0 Å². The molecular weight excluding hydrogens is 152 g/mol. The smallest absolute Gasteiger partial charge is 0.0530 e. The first kappa shape index (κ1) is 7.02. The molecule has 2 nitrogen and oxygen atoms in total. The Hall–Kier alpha value is -0.0900. The summed E-state index contributed by atoms with van der Waals surface area (Å²) in [7, 11) is 3.42. The van der Waals surface area contributed by atoms with Crippen molar-refractivity contribution >= 4 is 22.5 Å². The van der Waals surface area contributed by atoms with Crippen LogP contribution >= 0.6 is 22.5 Å². The van der Waals surface area contributed by atoms with Gasteiger partial charge in [-0.05, 0) is 0 Å². The molecule has 0 aliphatic rings. The molecule has 0 spiro atoms. The van der Waals surface area contributed by atoms with E-state index in [1.807, 2.05) is 19.4 Å². The van der Waals surface area contributed by atoms with E-state index in [0.717, 1.165) is 5.75 Å². The van der Waals surface area contributed by atoms with Gasteiger partial charge in [0.25, 0.3) is 0 Å². The fraction of sp³-hybridized carbons (Fsp3) is 0.400. The van der Waals surface area contributed by atoms with Crippen LogP contribution in [-0.2, 0) is 12.8 Å². The lowest BCUT2D eigenvalue weighted by molar-refractivity contribution is 0.767. The zero-order valence-corrected chi connectivity index (χ0v) is 6.82. The Labute approximate surface area is 63.4 Å². The second-order valence-electron chi connectivity index (χ2n) is 1.80. The highest BCUT2D eigenvalue weighted by atomic mass is 33.1. The van der Waals surface area contributed by atoms with Gasteiger partial charge in [-0.25, -0.2) is 0 Å². The summed E-state index contributed by atoms with van der Waals surface area (Å²) in [6, 6.07) is 0. The quantitative estimate of drug-likeness (QED) is 0.522. The number of hydrogen-bond acceptors (Lipinski definition) is 3. The lowest BCUT2D eigenvalue weighted by atomic mass is 10.4. The topological polar surface area (TPSA) is 17.8 Å². The zero-order valence-electron chi connectivity index (χ0n) is 5.11. The van der Waals surface area contributed by atoms with E-state index < -0.39 is 0 Å². The molecule has 9 heavy (non-hydrogen) atoms. The zero-order chi connectivity index (χ0) is 6.69. The lowest BCUT2D eigenvalue weighted by Gasteiger charge is -1.85. The third-order valence-corrected chi connectivity index (χ3v) is 1.84. The van der Waals surface area contributed by atoms with Gasteiger partial charge in [0.15, 0.2) is 0 Å². The monoisotopic (exact) mass is 160 g/mol. The second-order valence-corrected chi connectivity index (χ2v) is 3.12. The Kier molecular flexibility index (Phi) is 2.48. The molecule has 1 aromatic heterocycles. The molecule has 50 valence electrons. The van der Waals surface area contributed by atoms with Crippen molar-refractivity contribution in [2.24, 2.45) is 7.05 Å². The van der Waals surface area contributed by atoms with E-state index in [1.165, 1.54) is 16.4 Å². The summed E-state index contributed by atoms with van der Waals surface area (Å²) in [6.45, 7) is 0. The van der Waals surface area contributed by atoms with Crippen LogP contribution in [0.25, 0.3) is 0 Å². The largest absolute Gasteiger partial charge is 0.276 e. The van der Waals surface area contributed by atoms with Gasteiger partial charge in [0, 0.05) is 24.6 Å². The molecule has 0 saturated heterocycles. The molecule has 0 saturated carbocycles. The Bertz CT molecular complexity index is 185. The molecule has 0 aliphatic carbocycles. The first-order chi connectivity index (χ1) is 4.33. The van der Waals surface area contributed by atoms with E-state index in [-0.39, 0.29) is 0 Å². The van der Waals surface area contributed by atoms with Crippen molar-refractivity contribution in [3.05, 3.63) is 18.0 Å². The molecular formula is C5H8N2S2. The Morgan fingerprint density at radius 2 is 2.67 bits per heavy atom. The van der Waals surface area contributed by atoms with E-state index >= 15 is 0 Å². The van der Waals surface area contributed by atoms with Crippen LogP contribution in [-0.4, -0.2) is 9.78 Å². The van der Waals surface area contributed by atoms with Crippen molar-refractivity contribution in [1.29, 1.82) is 0 Å². The molecule has 1 aromatic rings. The Morgan fingerprint density at radius 3 is 3.11 bits per heavy atom. The number of rotatable bonds is 2. The maximum atomic E-state index is 4.02. The Morgan fingerprint density at radius 1 is 1.89 bits per heavy atom. The van der Waals surface area contributed by atoms with Gasteiger partial charge in [-0.3, -0.25) is 4.68 Å². The van der Waals surface area contributed by atoms with Crippen molar-refractivity contribution in [2.45, 2.75) is 5.75 Å². The van der Waals surface area contributed by atoms with E-state index in [0.29, 0.717) is 0 Å². The highest BCUT2D eigenvalue weighted by Gasteiger charge is 1.92. The molecule has 0 fully saturated rings. The average Bonchev–Trinajstić information content (AvgIpc) is 2.17. The molecule has 0 N–H and O–H groups in total. The fourth-order valence-corrected chi connectivity index (χ4v) is 1.37. The van der Waals surface area contributed by atoms with Gasteiger partial charge in [-0.15, -0.1) is 11.7 Å². The summed E-state index contributed by atoms with van der Waals surface area (Å²) in [5.74, 6) is 0.928. The molecule has 0 unspecified atom stereocenters. The highest BCUT2D eigenvalue weighted by Crippen LogP contribution is 2.13. The molecule has 0 aliphatic heterocycles. The lowest BCUT2D eigenvalue weighted by Crippen LogP contribution is -1.84. The van der Waals surface area contributed by atoms with Gasteiger partial charge >= 0.3 is 0 Å². The Balaban J connectivity index is 2.61. The van der Waals surface area contributed by atoms with Crippen LogP contribution in [0.2, 0.25) is 0 Å². The number of aromatic nitrogens is 2. The maximum Gasteiger partial charge on any atom is 0.0530 e. The van der Waals surface area contributed by atoms with E-state index in [4.69, 9.17) is 0 Å². The summed E-state index contributed by atoms with van der Waals surface area (Å²) < 4.78 is 1.79. The van der Waals surface area contributed by atoms with Gasteiger partial charge in [0.1, 0.15) is 0 Å². The van der Waals surface area contributed by atoms with E-state index in [9.17, 15) is 0 Å². The minimum Gasteiger partial charge on any atom is -0.276 e. The van der Waals surface area contributed by atoms with Crippen molar-refractivity contribution in [2.75, 3.05) is 0 Å². The average molecular weight is 160 g/mol. The fourth-order valence-electron chi connectivity index (χ4n) is 0.621. The molecule has 4 heteroatoms. The summed E-state index contributed by atoms with van der Waals surface area (Å²) in [5.41, 5.74) is 1.22. The third kappa shape index (κ3) is 1.95. The second kappa shape index (κ2) is 3.17. The van der Waals surface area contributed by atoms with E-state index in [1.54, 1.807) is 4.68 Å². The van der Waals surface area contributed by atoms with Crippen molar-refractivity contribution in [3.63, 3.8) is 0 Å². The normalized spacial score (nSPS) is 10.0. The number of aryl methyl sites for hydroxylation is 1. The summed E-state index contributed by atoms with van der Waals surface area (Å²) in [6.07, 6.45) is 3.84. The predicted molar refractivity (Wildman–Crippen MR) is 43.5 cm³/mol. The summed E-state index contributed by atoms with van der Waals surface area (Å²) in [4.78, 5) is 0. The number of nitrogens with zero attached hydrogens (tertiary/aromatic N) is 2. The first-order valence-corrected chi connectivity index (χ1v) is 4.60. The van der Waals surface area contributed by atoms with Crippen molar-refractivity contribution in [1.82, 2.24) is 9.78 Å². The van der Waals surface area contributed by atoms with Crippen LogP contribution in [0.15, 0.2) is 12.4 Å². The van der Waals surface area contributed by atoms with Gasteiger partial charge in [0.2, 0.25) is 0 Å². The van der Waals surface area contributed by atoms with Crippen LogP contribution in [0.4, 0.5) is 0 Å². The summed E-state index contributed by atoms with van der Waals surface area (Å²) in [5, 5.41) is 4.00. The molecule has 0 amide bonds. The first-order valence-electron chi connectivity index (χ1n) is 2.57. The molecule has 0 atom stereocenters. The van der Waals surface area contributed by atoms with Crippen LogP contribution in [0.1, 0.15) is 5.56 Å². The standard InChI is InChI=1S/C5H8N2S2/c1-7-3-5(2-6-7)4-9-8/h2-3,8H,4H2,1H3. The number of hydrogen-bond donors (Lipinski definition) is 1. The van der Waals surface area contributed by atoms with Crippen molar-refractivity contribution in [3.8, 4) is 0 Å². The molecule has 0 bridgehead atoms. The molecule has 0 radical (unpaired) electrons. The van der Waals surface area contributed by atoms with Gasteiger partial charge in [-0.1, -0.05) is 10.8 Å². The summed E-state index contributed by atoms with van der Waals surface area (Å²) >= 11 is 4.02. The van der Waals surface area contributed by atoms with Gasteiger partial charge < -0.3 is 0 Å². The van der Waals surface area contributed by atoms with Gasteiger partial charge in [0.05, 0.1) is 6.20 Å². The van der Waals surface area contributed by atoms with Crippen LogP contribution in [0, 0.1) is 0 Å². The van der Waals surface area contributed by atoms with E-state index in [2.05, 4.69) is 16.8 Å². The van der Waals surface area contributed by atoms with Crippen LogP contribution in [0.3, 0.4) is 0 Å². The minimum absolute atomic E-state index is 0.928. The van der Waals surface area contributed by atoms with Crippen LogP contribution < -0.4 is 0 Å². The van der Waals surface area contributed by atoms with Gasteiger partial charge in [-0.2, -0.15) is 5.10 Å². The molecule has 1 heterocycles. The van der Waals surface area contributed by atoms with Crippen LogP contribution in [0.5, 0.6) is 0 Å². The third-order valence-electron chi connectivity index (χ3n) is 0.990. The number of thiol groups is 1.